The molecule has 2 nitrogen and oxygen atoms in total. The van der Waals surface area contributed by atoms with Crippen LogP contribution in [0.15, 0.2) is 0 Å². The van der Waals surface area contributed by atoms with Gasteiger partial charge < -0.3 is 10.0 Å². The molecular formula is C8H16INO. The van der Waals surface area contributed by atoms with Gasteiger partial charge >= 0.3 is 0 Å². The van der Waals surface area contributed by atoms with E-state index in [2.05, 4.69) is 34.4 Å². The van der Waals surface area contributed by atoms with E-state index in [1.54, 1.807) is 0 Å². The van der Waals surface area contributed by atoms with E-state index in [0.29, 0.717) is 5.92 Å². The van der Waals surface area contributed by atoms with Crippen LogP contribution in [0.3, 0.4) is 0 Å². The standard InChI is InChI=1S/C8H16INO/c1-7-6-10(5-3-9)4-2-8(7)11/h7-8,11H,2-6H2,1H3. The number of aliphatic hydroxyl groups excluding tert-OH is 1. The third-order valence-electron chi connectivity index (χ3n) is 2.34. The molecule has 0 aromatic rings. The topological polar surface area (TPSA) is 23.5 Å². The zero-order valence-corrected chi connectivity index (χ0v) is 9.12. The number of nitrogens with zero attached hydrogens (tertiary/aromatic N) is 1. The second-order valence-corrected chi connectivity index (χ2v) is 4.40. The highest BCUT2D eigenvalue weighted by Gasteiger charge is 2.23. The summed E-state index contributed by atoms with van der Waals surface area (Å²) in [5, 5.41) is 9.44. The first-order chi connectivity index (χ1) is 5.24. The summed E-state index contributed by atoms with van der Waals surface area (Å²) in [4.78, 5) is 2.43. The van der Waals surface area contributed by atoms with Crippen molar-refractivity contribution in [2.24, 2.45) is 5.92 Å². The van der Waals surface area contributed by atoms with Gasteiger partial charge in [-0.2, -0.15) is 0 Å². The Kier molecular flexibility index (Phi) is 4.09. The first-order valence-electron chi connectivity index (χ1n) is 4.20. The normalized spacial score (nSPS) is 34.1. The lowest BCUT2D eigenvalue weighted by atomic mass is 9.97. The van der Waals surface area contributed by atoms with E-state index in [0.717, 1.165) is 19.5 Å². The zero-order chi connectivity index (χ0) is 8.27. The molecule has 0 saturated carbocycles. The summed E-state index contributed by atoms with van der Waals surface area (Å²) in [6.07, 6.45) is 0.901. The summed E-state index contributed by atoms with van der Waals surface area (Å²) >= 11 is 2.40. The summed E-state index contributed by atoms with van der Waals surface area (Å²) in [6.45, 7) is 5.46. The lowest BCUT2D eigenvalue weighted by Gasteiger charge is -2.33. The lowest BCUT2D eigenvalue weighted by molar-refractivity contribution is 0.0379. The molecule has 1 rings (SSSR count). The number of rotatable bonds is 2. The third kappa shape index (κ3) is 2.87. The van der Waals surface area contributed by atoms with Crippen LogP contribution in [-0.4, -0.2) is 40.2 Å². The number of hydrogen-bond donors (Lipinski definition) is 1. The smallest absolute Gasteiger partial charge is 0.0590 e. The molecule has 0 aromatic carbocycles. The van der Waals surface area contributed by atoms with Gasteiger partial charge in [0.2, 0.25) is 0 Å². The third-order valence-corrected chi connectivity index (χ3v) is 2.83. The van der Waals surface area contributed by atoms with Gasteiger partial charge in [0.15, 0.2) is 0 Å². The van der Waals surface area contributed by atoms with Crippen LogP contribution >= 0.6 is 22.6 Å². The first-order valence-corrected chi connectivity index (χ1v) is 5.73. The molecule has 1 aliphatic rings. The van der Waals surface area contributed by atoms with Crippen molar-refractivity contribution in [1.82, 2.24) is 4.90 Å². The minimum Gasteiger partial charge on any atom is -0.393 e. The summed E-state index contributed by atoms with van der Waals surface area (Å²) in [5.41, 5.74) is 0. The van der Waals surface area contributed by atoms with Crippen LogP contribution in [0.2, 0.25) is 0 Å². The zero-order valence-electron chi connectivity index (χ0n) is 6.96. The molecule has 1 fully saturated rings. The van der Waals surface area contributed by atoms with E-state index in [4.69, 9.17) is 0 Å². The minimum absolute atomic E-state index is 0.0551. The molecule has 1 N–H and O–H groups in total. The SMILES string of the molecule is CC1CN(CCI)CCC1O. The predicted octanol–water partition coefficient (Wildman–Crippen LogP) is 1.12. The van der Waals surface area contributed by atoms with Gasteiger partial charge in [-0.05, 0) is 12.3 Å². The number of aliphatic hydroxyl groups is 1. The molecule has 3 heteroatoms. The van der Waals surface area contributed by atoms with E-state index in [1.807, 2.05) is 0 Å². The van der Waals surface area contributed by atoms with Crippen LogP contribution in [-0.2, 0) is 0 Å². The van der Waals surface area contributed by atoms with Gasteiger partial charge in [-0.3, -0.25) is 0 Å². The first kappa shape index (κ1) is 9.74. The quantitative estimate of drug-likeness (QED) is 0.600. The van der Waals surface area contributed by atoms with E-state index >= 15 is 0 Å². The van der Waals surface area contributed by atoms with Crippen molar-refractivity contribution in [3.8, 4) is 0 Å². The molecule has 1 aliphatic heterocycles. The van der Waals surface area contributed by atoms with Crippen molar-refractivity contribution in [3.63, 3.8) is 0 Å². The largest absolute Gasteiger partial charge is 0.393 e. The van der Waals surface area contributed by atoms with Crippen LogP contribution in [0.5, 0.6) is 0 Å². The maximum absolute atomic E-state index is 9.44. The summed E-state index contributed by atoms with van der Waals surface area (Å²) < 4.78 is 1.20. The molecule has 0 spiro atoms. The fourth-order valence-corrected chi connectivity index (χ4v) is 2.22. The van der Waals surface area contributed by atoms with Gasteiger partial charge in [0.1, 0.15) is 0 Å². The Hall–Kier alpha value is 0.650. The molecule has 66 valence electrons. The Balaban J connectivity index is 2.28. The highest BCUT2D eigenvalue weighted by molar-refractivity contribution is 14.1. The average molecular weight is 269 g/mol. The fourth-order valence-electron chi connectivity index (χ4n) is 1.54. The Morgan fingerprint density at radius 2 is 2.36 bits per heavy atom. The summed E-state index contributed by atoms with van der Waals surface area (Å²) in [6, 6.07) is 0. The Bertz CT molecular complexity index is 121. The summed E-state index contributed by atoms with van der Waals surface area (Å²) in [7, 11) is 0. The maximum atomic E-state index is 9.44. The van der Waals surface area contributed by atoms with Gasteiger partial charge in [-0.25, -0.2) is 0 Å². The average Bonchev–Trinajstić information content (AvgIpc) is 1.98. The molecule has 0 aliphatic carbocycles. The number of likely N-dealkylation sites (tertiary alicyclic amines) is 1. The number of hydrogen-bond acceptors (Lipinski definition) is 2. The maximum Gasteiger partial charge on any atom is 0.0590 e. The van der Waals surface area contributed by atoms with Crippen molar-refractivity contribution < 1.29 is 5.11 Å². The van der Waals surface area contributed by atoms with Gasteiger partial charge in [0, 0.05) is 24.1 Å². The van der Waals surface area contributed by atoms with Gasteiger partial charge in [0.05, 0.1) is 6.10 Å². The van der Waals surface area contributed by atoms with Crippen LogP contribution < -0.4 is 0 Å². The lowest BCUT2D eigenvalue weighted by Crippen LogP contribution is -2.42. The highest BCUT2D eigenvalue weighted by Crippen LogP contribution is 2.15. The van der Waals surface area contributed by atoms with Crippen LogP contribution in [0.25, 0.3) is 0 Å². The van der Waals surface area contributed by atoms with Crippen LogP contribution in [0, 0.1) is 5.92 Å². The molecular weight excluding hydrogens is 253 g/mol. The van der Waals surface area contributed by atoms with E-state index in [-0.39, 0.29) is 6.10 Å². The summed E-state index contributed by atoms with van der Waals surface area (Å²) in [5.74, 6) is 0.465. The van der Waals surface area contributed by atoms with Gasteiger partial charge in [-0.1, -0.05) is 29.5 Å². The van der Waals surface area contributed by atoms with Crippen LogP contribution in [0.1, 0.15) is 13.3 Å². The second-order valence-electron chi connectivity index (χ2n) is 3.32. The number of piperidine rings is 1. The molecule has 11 heavy (non-hydrogen) atoms. The minimum atomic E-state index is -0.0551. The molecule has 2 atom stereocenters. The molecule has 0 radical (unpaired) electrons. The predicted molar refractivity (Wildman–Crippen MR) is 55.1 cm³/mol. The monoisotopic (exact) mass is 269 g/mol. The van der Waals surface area contributed by atoms with Crippen molar-refractivity contribution in [2.45, 2.75) is 19.4 Å². The Labute approximate surface area is 82.1 Å². The van der Waals surface area contributed by atoms with Gasteiger partial charge in [-0.15, -0.1) is 0 Å². The fraction of sp³-hybridized carbons (Fsp3) is 1.00. The molecule has 1 heterocycles. The second kappa shape index (κ2) is 4.62. The van der Waals surface area contributed by atoms with E-state index < -0.39 is 0 Å². The van der Waals surface area contributed by atoms with Crippen LogP contribution in [0.4, 0.5) is 0 Å². The van der Waals surface area contributed by atoms with Crippen molar-refractivity contribution in [2.75, 3.05) is 24.1 Å². The molecule has 1 saturated heterocycles. The number of halogens is 1. The molecule has 0 amide bonds. The Morgan fingerprint density at radius 1 is 1.64 bits per heavy atom. The Morgan fingerprint density at radius 3 is 2.91 bits per heavy atom. The molecule has 2 unspecified atom stereocenters. The van der Waals surface area contributed by atoms with Gasteiger partial charge in [0.25, 0.3) is 0 Å². The van der Waals surface area contributed by atoms with Crippen molar-refractivity contribution in [3.05, 3.63) is 0 Å². The van der Waals surface area contributed by atoms with Crippen molar-refractivity contribution in [1.29, 1.82) is 0 Å². The molecule has 0 aromatic heterocycles. The van der Waals surface area contributed by atoms with E-state index in [9.17, 15) is 5.11 Å². The van der Waals surface area contributed by atoms with Crippen molar-refractivity contribution >= 4 is 22.6 Å². The highest BCUT2D eigenvalue weighted by atomic mass is 127. The van der Waals surface area contributed by atoms with E-state index in [1.165, 1.54) is 11.0 Å². The number of alkyl halides is 1. The molecule has 0 bridgehead atoms.